The van der Waals surface area contributed by atoms with Gasteiger partial charge in [-0.25, -0.2) is 4.79 Å². The van der Waals surface area contributed by atoms with Gasteiger partial charge >= 0.3 is 5.97 Å². The van der Waals surface area contributed by atoms with Gasteiger partial charge in [-0.1, -0.05) is 35.9 Å². The van der Waals surface area contributed by atoms with E-state index in [-0.39, 0.29) is 5.92 Å². The average molecular weight is 290 g/mol. The summed E-state index contributed by atoms with van der Waals surface area (Å²) in [4.78, 5) is 11.6. The number of carbonyl (C=O) groups is 1. The molecule has 2 aliphatic rings. The van der Waals surface area contributed by atoms with E-state index in [2.05, 4.69) is 11.4 Å². The van der Waals surface area contributed by atoms with Gasteiger partial charge in [-0.2, -0.15) is 0 Å². The molecule has 1 heterocycles. The summed E-state index contributed by atoms with van der Waals surface area (Å²) in [6.07, 6.45) is 4.00. The fraction of sp³-hybridized carbons (Fsp3) is 0.312. The summed E-state index contributed by atoms with van der Waals surface area (Å²) in [7, 11) is 0. The van der Waals surface area contributed by atoms with Crippen LogP contribution in [-0.2, 0) is 4.79 Å². The van der Waals surface area contributed by atoms with Gasteiger partial charge in [0.2, 0.25) is 0 Å². The highest BCUT2D eigenvalue weighted by Gasteiger charge is 2.41. The Balaban J connectivity index is 2.12. The van der Waals surface area contributed by atoms with Crippen LogP contribution in [0, 0.1) is 0 Å². The second-order valence-corrected chi connectivity index (χ2v) is 5.69. The van der Waals surface area contributed by atoms with E-state index in [1.54, 1.807) is 0 Å². The van der Waals surface area contributed by atoms with Crippen molar-refractivity contribution in [3.8, 4) is 0 Å². The lowest BCUT2D eigenvalue weighted by atomic mass is 9.83. The normalized spacial score (nSPS) is 25.0. The van der Waals surface area contributed by atoms with E-state index in [0.717, 1.165) is 29.7 Å². The molecule has 0 saturated carbocycles. The number of hydrogen-bond acceptors (Lipinski definition) is 2. The first-order valence-corrected chi connectivity index (χ1v) is 7.11. The molecule has 1 aromatic rings. The quantitative estimate of drug-likeness (QED) is 0.876. The lowest BCUT2D eigenvalue weighted by molar-refractivity contribution is -0.139. The molecule has 3 nitrogen and oxygen atoms in total. The maximum Gasteiger partial charge on any atom is 0.327 e. The largest absolute Gasteiger partial charge is 0.480 e. The van der Waals surface area contributed by atoms with Crippen LogP contribution >= 0.6 is 11.6 Å². The van der Waals surface area contributed by atoms with Gasteiger partial charge in [-0.15, -0.1) is 0 Å². The fourth-order valence-electron chi connectivity index (χ4n) is 3.18. The maximum atomic E-state index is 11.6. The summed E-state index contributed by atoms with van der Waals surface area (Å²) in [5.74, 6) is -1.02. The molecule has 0 bridgehead atoms. The molecule has 0 aromatic heterocycles. The first kappa shape index (κ1) is 13.3. The summed E-state index contributed by atoms with van der Waals surface area (Å²) in [5.41, 5.74) is 4.19. The van der Waals surface area contributed by atoms with Crippen molar-refractivity contribution < 1.29 is 9.90 Å². The molecule has 104 valence electrons. The molecular weight excluding hydrogens is 274 g/mol. The van der Waals surface area contributed by atoms with Crippen molar-refractivity contribution in [3.05, 3.63) is 57.8 Å². The Hall–Kier alpha value is -1.74. The van der Waals surface area contributed by atoms with Gasteiger partial charge in [0.1, 0.15) is 6.04 Å². The smallest absolute Gasteiger partial charge is 0.327 e. The minimum Gasteiger partial charge on any atom is -0.480 e. The summed E-state index contributed by atoms with van der Waals surface area (Å²) in [6.45, 7) is 2.02. The molecule has 1 aromatic carbocycles. The highest BCUT2D eigenvalue weighted by Crippen LogP contribution is 2.44. The van der Waals surface area contributed by atoms with Gasteiger partial charge in [0.25, 0.3) is 0 Å². The summed E-state index contributed by atoms with van der Waals surface area (Å²) in [5, 5.41) is 13.3. The predicted molar refractivity (Wildman–Crippen MR) is 78.8 cm³/mol. The lowest BCUT2D eigenvalue weighted by Crippen LogP contribution is -2.36. The van der Waals surface area contributed by atoms with E-state index in [1.165, 1.54) is 5.57 Å². The van der Waals surface area contributed by atoms with Gasteiger partial charge < -0.3 is 10.4 Å². The van der Waals surface area contributed by atoms with Crippen LogP contribution in [0.15, 0.2) is 47.2 Å². The van der Waals surface area contributed by atoms with Gasteiger partial charge in [0, 0.05) is 16.6 Å². The monoisotopic (exact) mass is 289 g/mol. The van der Waals surface area contributed by atoms with Gasteiger partial charge in [0.15, 0.2) is 0 Å². The fourth-order valence-corrected chi connectivity index (χ4v) is 3.43. The zero-order chi connectivity index (χ0) is 14.3. The molecule has 1 aliphatic heterocycles. The van der Waals surface area contributed by atoms with Gasteiger partial charge in [0.05, 0.1) is 0 Å². The molecule has 2 N–H and O–H groups in total. The highest BCUT2D eigenvalue weighted by atomic mass is 35.5. The zero-order valence-electron chi connectivity index (χ0n) is 11.2. The van der Waals surface area contributed by atoms with Crippen LogP contribution in [0.5, 0.6) is 0 Å². The van der Waals surface area contributed by atoms with Crippen molar-refractivity contribution in [1.29, 1.82) is 0 Å². The van der Waals surface area contributed by atoms with Crippen LogP contribution < -0.4 is 5.32 Å². The molecule has 20 heavy (non-hydrogen) atoms. The topological polar surface area (TPSA) is 49.3 Å². The first-order valence-electron chi connectivity index (χ1n) is 6.73. The third-order valence-electron chi connectivity index (χ3n) is 4.09. The summed E-state index contributed by atoms with van der Waals surface area (Å²) >= 11 is 6.28. The molecule has 0 radical (unpaired) electrons. The third kappa shape index (κ3) is 2.02. The SMILES string of the molecule is CC1=CCCC2=C1NC(C(=O)O)C2c1ccccc1Cl. The minimum atomic E-state index is -0.836. The molecule has 0 amide bonds. The zero-order valence-corrected chi connectivity index (χ0v) is 11.9. The summed E-state index contributed by atoms with van der Waals surface area (Å²) in [6, 6.07) is 6.88. The Morgan fingerprint density at radius 1 is 1.40 bits per heavy atom. The van der Waals surface area contributed by atoms with Gasteiger partial charge in [-0.05, 0) is 42.5 Å². The van der Waals surface area contributed by atoms with E-state index < -0.39 is 12.0 Å². The van der Waals surface area contributed by atoms with E-state index in [0.29, 0.717) is 5.02 Å². The Bertz CT molecular complexity index is 633. The molecule has 3 rings (SSSR count). The number of rotatable bonds is 2. The Morgan fingerprint density at radius 3 is 2.85 bits per heavy atom. The lowest BCUT2D eigenvalue weighted by Gasteiger charge is -2.21. The average Bonchev–Trinajstić information content (AvgIpc) is 2.80. The van der Waals surface area contributed by atoms with Crippen molar-refractivity contribution >= 4 is 17.6 Å². The maximum absolute atomic E-state index is 11.6. The number of allylic oxidation sites excluding steroid dienone is 2. The first-order chi connectivity index (χ1) is 9.59. The van der Waals surface area contributed by atoms with Crippen molar-refractivity contribution in [2.75, 3.05) is 0 Å². The van der Waals surface area contributed by atoms with Crippen LogP contribution in [-0.4, -0.2) is 17.1 Å². The highest BCUT2D eigenvalue weighted by molar-refractivity contribution is 6.31. The number of aliphatic carboxylic acids is 1. The number of halogens is 1. The van der Waals surface area contributed by atoms with E-state index in [4.69, 9.17) is 11.6 Å². The number of hydrogen-bond donors (Lipinski definition) is 2. The van der Waals surface area contributed by atoms with Crippen molar-refractivity contribution in [2.24, 2.45) is 0 Å². The second-order valence-electron chi connectivity index (χ2n) is 5.29. The van der Waals surface area contributed by atoms with Crippen molar-refractivity contribution in [1.82, 2.24) is 5.32 Å². The number of carboxylic acid groups (broad SMARTS) is 1. The number of carboxylic acids is 1. The van der Waals surface area contributed by atoms with E-state index in [1.807, 2.05) is 31.2 Å². The molecule has 0 fully saturated rings. The van der Waals surface area contributed by atoms with Crippen LogP contribution in [0.4, 0.5) is 0 Å². The van der Waals surface area contributed by atoms with Crippen LogP contribution in [0.25, 0.3) is 0 Å². The molecule has 2 atom stereocenters. The molecular formula is C16H16ClNO2. The minimum absolute atomic E-state index is 0.181. The Labute approximate surface area is 122 Å². The standard InChI is InChI=1S/C16H16ClNO2/c1-9-5-4-7-11-13(10-6-2-3-8-12(10)17)15(16(19)20)18-14(9)11/h2-3,5-6,8,13,15,18H,4,7H2,1H3,(H,19,20). The third-order valence-corrected chi connectivity index (χ3v) is 4.44. The van der Waals surface area contributed by atoms with E-state index >= 15 is 0 Å². The van der Waals surface area contributed by atoms with Crippen LogP contribution in [0.2, 0.25) is 5.02 Å². The second kappa shape index (κ2) is 4.98. The van der Waals surface area contributed by atoms with Crippen molar-refractivity contribution in [3.63, 3.8) is 0 Å². The number of benzene rings is 1. The van der Waals surface area contributed by atoms with Gasteiger partial charge in [-0.3, -0.25) is 0 Å². The summed E-state index contributed by atoms with van der Waals surface area (Å²) < 4.78 is 0. The molecule has 1 aliphatic carbocycles. The van der Waals surface area contributed by atoms with E-state index in [9.17, 15) is 9.90 Å². The molecule has 0 spiro atoms. The number of nitrogens with one attached hydrogen (secondary N) is 1. The predicted octanol–water partition coefficient (Wildman–Crippen LogP) is 3.47. The van der Waals surface area contributed by atoms with Crippen LogP contribution in [0.3, 0.4) is 0 Å². The van der Waals surface area contributed by atoms with Crippen LogP contribution in [0.1, 0.15) is 31.2 Å². The Morgan fingerprint density at radius 2 is 2.15 bits per heavy atom. The molecule has 4 heteroatoms. The van der Waals surface area contributed by atoms with Crippen molar-refractivity contribution in [2.45, 2.75) is 31.7 Å². The molecule has 2 unspecified atom stereocenters. The molecule has 0 saturated heterocycles. The Kier molecular flexibility index (Phi) is 3.30.